The van der Waals surface area contributed by atoms with Crippen LogP contribution in [-0.4, -0.2) is 11.9 Å². The van der Waals surface area contributed by atoms with E-state index >= 15 is 0 Å². The van der Waals surface area contributed by atoms with E-state index in [0.717, 1.165) is 24.0 Å². The number of nitrogens with one attached hydrogen (secondary N) is 1. The van der Waals surface area contributed by atoms with Gasteiger partial charge >= 0.3 is 0 Å². The van der Waals surface area contributed by atoms with E-state index in [1.54, 1.807) is 0 Å². The van der Waals surface area contributed by atoms with Crippen molar-refractivity contribution in [2.45, 2.75) is 45.7 Å². The van der Waals surface area contributed by atoms with E-state index in [0.29, 0.717) is 13.0 Å². The molecule has 0 bridgehead atoms. The fourth-order valence-corrected chi connectivity index (χ4v) is 1.87. The number of nitrogens with two attached hydrogens (primary N) is 1. The quantitative estimate of drug-likeness (QED) is 0.791. The van der Waals surface area contributed by atoms with E-state index < -0.39 is 0 Å². The molecule has 3 N–H and O–H groups in total. The Balaban J connectivity index is 2.61. The predicted molar refractivity (Wildman–Crippen MR) is 70.6 cm³/mol. The summed E-state index contributed by atoms with van der Waals surface area (Å²) in [6.07, 6.45) is 2.37. The summed E-state index contributed by atoms with van der Waals surface area (Å²) in [6.45, 7) is 4.65. The van der Waals surface area contributed by atoms with Gasteiger partial charge in [0, 0.05) is 12.6 Å². The molecule has 0 aliphatic carbocycles. The zero-order chi connectivity index (χ0) is 12.7. The maximum atomic E-state index is 11.9. The molecule has 0 aliphatic heterocycles. The van der Waals surface area contributed by atoms with Crippen LogP contribution in [-0.2, 0) is 17.8 Å². The maximum Gasteiger partial charge on any atom is 0.224 e. The number of hydrogen-bond acceptors (Lipinski definition) is 2. The number of benzene rings is 1. The van der Waals surface area contributed by atoms with E-state index in [1.807, 2.05) is 24.3 Å². The molecule has 1 aromatic rings. The minimum Gasteiger partial charge on any atom is -0.353 e. The summed E-state index contributed by atoms with van der Waals surface area (Å²) in [6, 6.07) is 8.12. The topological polar surface area (TPSA) is 55.1 Å². The van der Waals surface area contributed by atoms with Crippen LogP contribution in [0.3, 0.4) is 0 Å². The lowest BCUT2D eigenvalue weighted by atomic mass is 10.0. The summed E-state index contributed by atoms with van der Waals surface area (Å²) in [5.74, 6) is 0.0830. The molecule has 0 aromatic heterocycles. The van der Waals surface area contributed by atoms with Crippen molar-refractivity contribution in [3.8, 4) is 0 Å². The van der Waals surface area contributed by atoms with E-state index in [2.05, 4.69) is 19.2 Å². The smallest absolute Gasteiger partial charge is 0.224 e. The summed E-state index contributed by atoms with van der Waals surface area (Å²) in [5.41, 5.74) is 7.72. The molecule has 0 aliphatic rings. The van der Waals surface area contributed by atoms with Crippen LogP contribution < -0.4 is 11.1 Å². The number of amides is 1. The lowest BCUT2D eigenvalue weighted by Crippen LogP contribution is -2.35. The highest BCUT2D eigenvalue weighted by atomic mass is 16.1. The van der Waals surface area contributed by atoms with Crippen molar-refractivity contribution in [2.75, 3.05) is 0 Å². The summed E-state index contributed by atoms with van der Waals surface area (Å²) in [7, 11) is 0. The summed E-state index contributed by atoms with van der Waals surface area (Å²) >= 11 is 0. The molecule has 0 fully saturated rings. The molecule has 3 heteroatoms. The van der Waals surface area contributed by atoms with Gasteiger partial charge in [-0.1, -0.05) is 38.1 Å². The van der Waals surface area contributed by atoms with Crippen LogP contribution in [0, 0.1) is 0 Å². The molecular formula is C14H22N2O. The van der Waals surface area contributed by atoms with Crippen LogP contribution in [0.15, 0.2) is 24.3 Å². The van der Waals surface area contributed by atoms with Crippen LogP contribution in [0.2, 0.25) is 0 Å². The van der Waals surface area contributed by atoms with Crippen LogP contribution in [0.4, 0.5) is 0 Å². The van der Waals surface area contributed by atoms with Crippen LogP contribution in [0.1, 0.15) is 37.8 Å². The SMILES string of the molecule is CCC(CC)NC(=O)Cc1ccccc1CN. The fraction of sp³-hybridized carbons (Fsp3) is 0.500. The van der Waals surface area contributed by atoms with Crippen LogP contribution in [0.5, 0.6) is 0 Å². The second kappa shape index (κ2) is 7.07. The second-order valence-corrected chi connectivity index (χ2v) is 4.23. The van der Waals surface area contributed by atoms with Gasteiger partial charge in [0.15, 0.2) is 0 Å². The van der Waals surface area contributed by atoms with Gasteiger partial charge in [-0.2, -0.15) is 0 Å². The van der Waals surface area contributed by atoms with E-state index in [1.165, 1.54) is 0 Å². The molecule has 1 aromatic carbocycles. The minimum absolute atomic E-state index is 0.0830. The van der Waals surface area contributed by atoms with Gasteiger partial charge in [0.1, 0.15) is 0 Å². The van der Waals surface area contributed by atoms with Crippen molar-refractivity contribution in [2.24, 2.45) is 5.73 Å². The van der Waals surface area contributed by atoms with Gasteiger partial charge in [-0.05, 0) is 24.0 Å². The lowest BCUT2D eigenvalue weighted by Gasteiger charge is -2.15. The molecular weight excluding hydrogens is 212 g/mol. The third kappa shape index (κ3) is 4.19. The first-order valence-electron chi connectivity index (χ1n) is 6.27. The highest BCUT2D eigenvalue weighted by molar-refractivity contribution is 5.79. The highest BCUT2D eigenvalue weighted by Gasteiger charge is 2.10. The fourth-order valence-electron chi connectivity index (χ4n) is 1.87. The Morgan fingerprint density at radius 3 is 2.35 bits per heavy atom. The minimum atomic E-state index is 0.0830. The molecule has 0 saturated carbocycles. The monoisotopic (exact) mass is 234 g/mol. The molecule has 3 nitrogen and oxygen atoms in total. The number of hydrogen-bond donors (Lipinski definition) is 2. The Morgan fingerprint density at radius 1 is 1.24 bits per heavy atom. The van der Waals surface area contributed by atoms with Gasteiger partial charge in [0.25, 0.3) is 0 Å². The lowest BCUT2D eigenvalue weighted by molar-refractivity contribution is -0.121. The van der Waals surface area contributed by atoms with Gasteiger partial charge in [-0.3, -0.25) is 4.79 Å². The van der Waals surface area contributed by atoms with Gasteiger partial charge in [-0.15, -0.1) is 0 Å². The maximum absolute atomic E-state index is 11.9. The first-order valence-corrected chi connectivity index (χ1v) is 6.27. The number of rotatable bonds is 6. The third-order valence-corrected chi connectivity index (χ3v) is 3.04. The van der Waals surface area contributed by atoms with Crippen molar-refractivity contribution in [1.82, 2.24) is 5.32 Å². The molecule has 0 heterocycles. The number of carbonyl (C=O) groups excluding carboxylic acids is 1. The highest BCUT2D eigenvalue weighted by Crippen LogP contribution is 2.09. The Kier molecular flexibility index (Phi) is 5.70. The summed E-state index contributed by atoms with van der Waals surface area (Å²) in [4.78, 5) is 11.9. The third-order valence-electron chi connectivity index (χ3n) is 3.04. The van der Waals surface area contributed by atoms with Crippen molar-refractivity contribution in [3.63, 3.8) is 0 Å². The average molecular weight is 234 g/mol. The van der Waals surface area contributed by atoms with Crippen LogP contribution in [0.25, 0.3) is 0 Å². The van der Waals surface area contributed by atoms with E-state index in [9.17, 15) is 4.79 Å². The average Bonchev–Trinajstić information content (AvgIpc) is 2.36. The molecule has 0 atom stereocenters. The summed E-state index contributed by atoms with van der Waals surface area (Å²) < 4.78 is 0. The van der Waals surface area contributed by atoms with Crippen molar-refractivity contribution in [1.29, 1.82) is 0 Å². The van der Waals surface area contributed by atoms with Crippen molar-refractivity contribution in [3.05, 3.63) is 35.4 Å². The first-order chi connectivity index (χ1) is 8.21. The zero-order valence-corrected chi connectivity index (χ0v) is 10.7. The molecule has 0 spiro atoms. The van der Waals surface area contributed by atoms with Crippen LogP contribution >= 0.6 is 0 Å². The van der Waals surface area contributed by atoms with Crippen molar-refractivity contribution >= 4 is 5.91 Å². The molecule has 1 amide bonds. The largest absolute Gasteiger partial charge is 0.353 e. The van der Waals surface area contributed by atoms with Gasteiger partial charge in [-0.25, -0.2) is 0 Å². The molecule has 1 rings (SSSR count). The van der Waals surface area contributed by atoms with Gasteiger partial charge in [0.2, 0.25) is 5.91 Å². The van der Waals surface area contributed by atoms with Crippen molar-refractivity contribution < 1.29 is 4.79 Å². The second-order valence-electron chi connectivity index (χ2n) is 4.23. The molecule has 0 unspecified atom stereocenters. The Morgan fingerprint density at radius 2 is 1.82 bits per heavy atom. The predicted octanol–water partition coefficient (Wildman–Crippen LogP) is 1.99. The Labute approximate surface area is 103 Å². The number of carbonyl (C=O) groups is 1. The van der Waals surface area contributed by atoms with E-state index in [-0.39, 0.29) is 11.9 Å². The molecule has 17 heavy (non-hydrogen) atoms. The Bertz CT molecular complexity index is 359. The Hall–Kier alpha value is -1.35. The molecule has 94 valence electrons. The summed E-state index contributed by atoms with van der Waals surface area (Å²) in [5, 5.41) is 3.04. The molecule has 0 radical (unpaired) electrons. The normalized spacial score (nSPS) is 10.6. The molecule has 0 saturated heterocycles. The standard InChI is InChI=1S/C14H22N2O/c1-3-13(4-2)16-14(17)9-11-7-5-6-8-12(11)10-15/h5-8,13H,3-4,9-10,15H2,1-2H3,(H,16,17). The zero-order valence-electron chi connectivity index (χ0n) is 10.7. The van der Waals surface area contributed by atoms with E-state index in [4.69, 9.17) is 5.73 Å². The first kappa shape index (κ1) is 13.7. The van der Waals surface area contributed by atoms with Gasteiger partial charge in [0.05, 0.1) is 6.42 Å². The van der Waals surface area contributed by atoms with Gasteiger partial charge < -0.3 is 11.1 Å².